The second-order valence-corrected chi connectivity index (χ2v) is 5.73. The first-order chi connectivity index (χ1) is 8.46. The number of hydrogen-bond acceptors (Lipinski definition) is 2. The Labute approximate surface area is 109 Å². The Morgan fingerprint density at radius 2 is 1.94 bits per heavy atom. The molecule has 1 fully saturated rings. The van der Waals surface area contributed by atoms with E-state index >= 15 is 0 Å². The summed E-state index contributed by atoms with van der Waals surface area (Å²) in [5, 5.41) is 8.66. The Bertz CT molecular complexity index is 335. The largest absolute Gasteiger partial charge is 0.389 e. The number of rotatable bonds is 4. The molecule has 0 heterocycles. The molecule has 2 nitrogen and oxygen atoms in total. The van der Waals surface area contributed by atoms with Gasteiger partial charge in [-0.05, 0) is 18.8 Å². The molecule has 1 aliphatic rings. The maximum absolute atomic E-state index is 12.0. The summed E-state index contributed by atoms with van der Waals surface area (Å²) in [6, 6.07) is 2.15. The van der Waals surface area contributed by atoms with Crippen LogP contribution in [0.4, 0.5) is 13.2 Å². The lowest BCUT2D eigenvalue weighted by molar-refractivity contribution is -0.129. The molecule has 100 valence electrons. The van der Waals surface area contributed by atoms with Gasteiger partial charge in [-0.1, -0.05) is 0 Å². The number of thioether (sulfide) groups is 1. The van der Waals surface area contributed by atoms with Crippen LogP contribution < -0.4 is 0 Å². The van der Waals surface area contributed by atoms with E-state index in [9.17, 15) is 13.2 Å². The van der Waals surface area contributed by atoms with Crippen molar-refractivity contribution in [3.63, 3.8) is 0 Å². The van der Waals surface area contributed by atoms with E-state index in [4.69, 9.17) is 11.8 Å². The average Bonchev–Trinajstić information content (AvgIpc) is 2.34. The molecule has 18 heavy (non-hydrogen) atoms. The lowest BCUT2D eigenvalue weighted by atomic mass is 9.84. The highest BCUT2D eigenvalue weighted by atomic mass is 32.2. The summed E-state index contributed by atoms with van der Waals surface area (Å²) in [5.41, 5.74) is 0. The maximum Gasteiger partial charge on any atom is 0.389 e. The van der Waals surface area contributed by atoms with Crippen LogP contribution in [-0.4, -0.2) is 23.2 Å². The maximum atomic E-state index is 12.0. The van der Waals surface area contributed by atoms with Crippen LogP contribution in [0.3, 0.4) is 0 Å². The first-order valence-electron chi connectivity index (χ1n) is 5.91. The molecule has 0 N–H and O–H groups in total. The van der Waals surface area contributed by atoms with Crippen molar-refractivity contribution in [1.29, 1.82) is 5.26 Å². The lowest BCUT2D eigenvalue weighted by Crippen LogP contribution is -2.24. The van der Waals surface area contributed by atoms with E-state index in [0.29, 0.717) is 0 Å². The quantitative estimate of drug-likeness (QED) is 0.725. The predicted octanol–water partition coefficient (Wildman–Crippen LogP) is 4.04. The summed E-state index contributed by atoms with van der Waals surface area (Å²) in [6.45, 7) is 6.92. The SMILES string of the molecule is [C-]#[N+]C1CCC(C(C#N)SCCC(F)(F)F)CC1. The minimum atomic E-state index is -4.14. The summed E-state index contributed by atoms with van der Waals surface area (Å²) in [7, 11) is 0. The molecule has 0 aromatic heterocycles. The molecule has 6 heteroatoms. The van der Waals surface area contributed by atoms with Gasteiger partial charge in [0.2, 0.25) is 6.04 Å². The van der Waals surface area contributed by atoms with Crippen molar-refractivity contribution < 1.29 is 13.2 Å². The van der Waals surface area contributed by atoms with Gasteiger partial charge in [-0.3, -0.25) is 0 Å². The van der Waals surface area contributed by atoms with E-state index in [1.807, 2.05) is 0 Å². The van der Waals surface area contributed by atoms with E-state index in [0.717, 1.165) is 37.4 Å². The normalized spacial score (nSPS) is 26.1. The molecule has 1 unspecified atom stereocenters. The third kappa shape index (κ3) is 5.18. The molecule has 1 saturated carbocycles. The van der Waals surface area contributed by atoms with Gasteiger partial charge in [0.05, 0.1) is 17.7 Å². The molecular weight excluding hydrogens is 261 g/mol. The summed E-state index contributed by atoms with van der Waals surface area (Å²) in [5.74, 6) is 0.0935. The second kappa shape index (κ2) is 6.89. The highest BCUT2D eigenvalue weighted by Crippen LogP contribution is 2.35. The summed E-state index contributed by atoms with van der Waals surface area (Å²) < 4.78 is 36.1. The molecule has 0 amide bonds. The van der Waals surface area contributed by atoms with Crippen LogP contribution in [0.1, 0.15) is 32.1 Å². The molecule has 1 aliphatic carbocycles. The van der Waals surface area contributed by atoms with Crippen molar-refractivity contribution in [2.45, 2.75) is 49.6 Å². The molecule has 0 radical (unpaired) electrons. The van der Waals surface area contributed by atoms with Crippen molar-refractivity contribution in [2.75, 3.05) is 5.75 Å². The highest BCUT2D eigenvalue weighted by molar-refractivity contribution is 8.00. The molecule has 1 atom stereocenters. The van der Waals surface area contributed by atoms with E-state index < -0.39 is 12.6 Å². The number of nitriles is 1. The van der Waals surface area contributed by atoms with Crippen LogP contribution in [0.15, 0.2) is 0 Å². The summed E-state index contributed by atoms with van der Waals surface area (Å²) in [4.78, 5) is 3.47. The topological polar surface area (TPSA) is 28.1 Å². The van der Waals surface area contributed by atoms with E-state index in [-0.39, 0.29) is 23.0 Å². The van der Waals surface area contributed by atoms with Crippen molar-refractivity contribution in [1.82, 2.24) is 0 Å². The first-order valence-corrected chi connectivity index (χ1v) is 6.95. The minimum absolute atomic E-state index is 0.0424. The summed E-state index contributed by atoms with van der Waals surface area (Å²) >= 11 is 1.11. The van der Waals surface area contributed by atoms with Crippen LogP contribution in [0, 0.1) is 23.8 Å². The Hall–Kier alpha value is -0.880. The van der Waals surface area contributed by atoms with Gasteiger partial charge in [-0.25, -0.2) is 6.57 Å². The molecule has 0 aliphatic heterocycles. The fraction of sp³-hybridized carbons (Fsp3) is 0.833. The van der Waals surface area contributed by atoms with Gasteiger partial charge in [-0.2, -0.15) is 18.4 Å². The molecule has 0 aromatic carbocycles. The highest BCUT2D eigenvalue weighted by Gasteiger charge is 2.32. The molecule has 0 bridgehead atoms. The standard InChI is InChI=1S/C12H15F3N2S/c1-17-10-4-2-9(3-5-10)11(8-16)18-7-6-12(13,14)15/h9-11H,2-7H2. The van der Waals surface area contributed by atoms with Crippen LogP contribution in [0.5, 0.6) is 0 Å². The zero-order valence-electron chi connectivity index (χ0n) is 9.91. The van der Waals surface area contributed by atoms with Crippen LogP contribution in [0.2, 0.25) is 0 Å². The smallest absolute Gasteiger partial charge is 0.314 e. The van der Waals surface area contributed by atoms with E-state index in [1.54, 1.807) is 0 Å². The average molecular weight is 276 g/mol. The summed E-state index contributed by atoms with van der Waals surface area (Å²) in [6.07, 6.45) is -1.88. The number of alkyl halides is 3. The van der Waals surface area contributed by atoms with Crippen molar-refractivity contribution in [3.8, 4) is 6.07 Å². The Morgan fingerprint density at radius 3 is 2.39 bits per heavy atom. The van der Waals surface area contributed by atoms with Gasteiger partial charge in [-0.15, -0.1) is 11.8 Å². The van der Waals surface area contributed by atoms with Crippen LogP contribution >= 0.6 is 11.8 Å². The predicted molar refractivity (Wildman–Crippen MR) is 64.9 cm³/mol. The second-order valence-electron chi connectivity index (χ2n) is 4.48. The minimum Gasteiger partial charge on any atom is -0.314 e. The molecule has 0 saturated heterocycles. The third-order valence-corrected chi connectivity index (χ3v) is 4.45. The number of nitrogens with zero attached hydrogens (tertiary/aromatic N) is 2. The molecule has 1 rings (SSSR count). The van der Waals surface area contributed by atoms with Gasteiger partial charge in [0.15, 0.2) is 0 Å². The fourth-order valence-electron chi connectivity index (χ4n) is 2.11. The molecule has 0 spiro atoms. The van der Waals surface area contributed by atoms with Gasteiger partial charge in [0.1, 0.15) is 0 Å². The van der Waals surface area contributed by atoms with Gasteiger partial charge >= 0.3 is 6.18 Å². The van der Waals surface area contributed by atoms with E-state index in [2.05, 4.69) is 10.9 Å². The molecule has 0 aromatic rings. The Kier molecular flexibility index (Phi) is 5.81. The van der Waals surface area contributed by atoms with E-state index in [1.165, 1.54) is 0 Å². The Balaban J connectivity index is 2.34. The monoisotopic (exact) mass is 276 g/mol. The van der Waals surface area contributed by atoms with Gasteiger partial charge in [0, 0.05) is 18.6 Å². The number of hydrogen-bond donors (Lipinski definition) is 0. The number of halogens is 3. The van der Waals surface area contributed by atoms with Gasteiger partial charge < -0.3 is 4.85 Å². The molecular formula is C12H15F3N2S. The van der Waals surface area contributed by atoms with Gasteiger partial charge in [0.25, 0.3) is 0 Å². The fourth-order valence-corrected chi connectivity index (χ4v) is 3.34. The zero-order valence-corrected chi connectivity index (χ0v) is 10.7. The van der Waals surface area contributed by atoms with Crippen LogP contribution in [-0.2, 0) is 0 Å². The third-order valence-electron chi connectivity index (χ3n) is 3.16. The lowest BCUT2D eigenvalue weighted by Gasteiger charge is -2.26. The van der Waals surface area contributed by atoms with Crippen molar-refractivity contribution in [2.24, 2.45) is 5.92 Å². The van der Waals surface area contributed by atoms with Crippen LogP contribution in [0.25, 0.3) is 4.85 Å². The zero-order chi connectivity index (χ0) is 13.6. The van der Waals surface area contributed by atoms with Crippen molar-refractivity contribution >= 4 is 11.8 Å². The Morgan fingerprint density at radius 1 is 1.33 bits per heavy atom. The first kappa shape index (κ1) is 15.2. The van der Waals surface area contributed by atoms with Crippen molar-refractivity contribution in [3.05, 3.63) is 11.4 Å².